The van der Waals surface area contributed by atoms with Crippen molar-refractivity contribution in [1.29, 1.82) is 0 Å². The van der Waals surface area contributed by atoms with E-state index in [4.69, 9.17) is 0 Å². The van der Waals surface area contributed by atoms with Gasteiger partial charge in [0.1, 0.15) is 6.54 Å². The average Bonchev–Trinajstić information content (AvgIpc) is 2.55. The number of pyridine rings is 1. The van der Waals surface area contributed by atoms with Crippen LogP contribution in [0.25, 0.3) is 0 Å². The Hall–Kier alpha value is -1.77. The lowest BCUT2D eigenvalue weighted by Crippen LogP contribution is -2.32. The second-order valence-electron chi connectivity index (χ2n) is 5.03. The molecule has 0 unspecified atom stereocenters. The van der Waals surface area contributed by atoms with Gasteiger partial charge >= 0.3 is 10.1 Å². The molecule has 1 aromatic heterocycles. The molecule has 1 heterocycles. The summed E-state index contributed by atoms with van der Waals surface area (Å²) in [6, 6.07) is 11.3. The van der Waals surface area contributed by atoms with E-state index in [9.17, 15) is 16.8 Å². The third-order valence-corrected chi connectivity index (χ3v) is 5.14. The molecule has 2 aromatic rings. The molecule has 0 spiro atoms. The van der Waals surface area contributed by atoms with Gasteiger partial charge in [-0.2, -0.15) is 8.42 Å². The van der Waals surface area contributed by atoms with Crippen molar-refractivity contribution in [1.82, 2.24) is 0 Å². The minimum absolute atomic E-state index is 0.186. The number of aryl methyl sites for hydroxylation is 2. The molecule has 0 aliphatic rings. The highest BCUT2D eigenvalue weighted by molar-refractivity contribution is 7.93. The molecular formula is C16H22NO5S2+. The second-order valence-corrected chi connectivity index (χ2v) is 7.46. The summed E-state index contributed by atoms with van der Waals surface area (Å²) in [5.74, 6) is 0. The number of rotatable bonds is 6. The summed E-state index contributed by atoms with van der Waals surface area (Å²) >= 11 is 0. The van der Waals surface area contributed by atoms with Gasteiger partial charge in [-0.1, -0.05) is 31.5 Å². The Kier molecular flexibility index (Phi) is 8.59. The van der Waals surface area contributed by atoms with Crippen LogP contribution in [-0.4, -0.2) is 16.8 Å². The van der Waals surface area contributed by atoms with Crippen molar-refractivity contribution in [2.75, 3.05) is 0 Å². The fourth-order valence-electron chi connectivity index (χ4n) is 1.73. The minimum atomic E-state index is -4.16. The summed E-state index contributed by atoms with van der Waals surface area (Å²) in [5, 5.41) is 0. The van der Waals surface area contributed by atoms with E-state index in [0.717, 1.165) is 6.54 Å². The molecule has 0 aliphatic heterocycles. The van der Waals surface area contributed by atoms with E-state index in [1.807, 2.05) is 0 Å². The van der Waals surface area contributed by atoms with Crippen LogP contribution in [-0.2, 0) is 31.3 Å². The van der Waals surface area contributed by atoms with Crippen LogP contribution in [0.3, 0.4) is 0 Å². The van der Waals surface area contributed by atoms with Gasteiger partial charge in [-0.25, -0.2) is 13.0 Å². The van der Waals surface area contributed by atoms with Crippen molar-refractivity contribution in [3.05, 3.63) is 60.4 Å². The lowest BCUT2D eigenvalue weighted by molar-refractivity contribution is -0.697. The van der Waals surface area contributed by atoms with E-state index in [1.165, 1.54) is 42.7 Å². The Morgan fingerprint density at radius 3 is 2.12 bits per heavy atom. The molecule has 0 fully saturated rings. The number of aromatic nitrogens is 1. The van der Waals surface area contributed by atoms with Crippen molar-refractivity contribution < 1.29 is 25.0 Å². The van der Waals surface area contributed by atoms with E-state index < -0.39 is 21.1 Å². The molecule has 0 amide bonds. The van der Waals surface area contributed by atoms with Crippen molar-refractivity contribution in [2.45, 2.75) is 38.1 Å². The molecule has 1 aromatic carbocycles. The highest BCUT2D eigenvalue weighted by atomic mass is 32.3. The molecule has 6 nitrogen and oxygen atoms in total. The molecular weight excluding hydrogens is 350 g/mol. The maximum absolute atomic E-state index is 11.0. The summed E-state index contributed by atoms with van der Waals surface area (Å²) in [5.41, 5.74) is 1.33. The number of benzene rings is 1. The Labute approximate surface area is 145 Å². The van der Waals surface area contributed by atoms with Crippen molar-refractivity contribution in [3.8, 4) is 0 Å². The second kappa shape index (κ2) is 10.2. The number of unbranched alkanes of at least 4 members (excludes halogenated alkanes) is 1. The Morgan fingerprint density at radius 1 is 1.04 bits per heavy atom. The highest BCUT2D eigenvalue weighted by Crippen LogP contribution is 2.10. The van der Waals surface area contributed by atoms with E-state index in [1.54, 1.807) is 6.07 Å². The first-order valence-electron chi connectivity index (χ1n) is 7.45. The monoisotopic (exact) mass is 372 g/mol. The number of hydrogen-bond acceptors (Lipinski definition) is 5. The van der Waals surface area contributed by atoms with Crippen LogP contribution in [0.2, 0.25) is 0 Å². The van der Waals surface area contributed by atoms with Gasteiger partial charge in [0, 0.05) is 18.6 Å². The van der Waals surface area contributed by atoms with Crippen LogP contribution in [0.1, 0.15) is 25.3 Å². The Bertz CT molecular complexity index is 777. The molecule has 0 atom stereocenters. The molecule has 24 heavy (non-hydrogen) atoms. The maximum atomic E-state index is 11.0. The molecule has 2 rings (SSSR count). The normalized spacial score (nSPS) is 11.0. The summed E-state index contributed by atoms with van der Waals surface area (Å²) in [6.07, 6.45) is 6.82. The molecule has 0 bridgehead atoms. The van der Waals surface area contributed by atoms with Crippen LogP contribution in [0, 0.1) is 6.92 Å². The summed E-state index contributed by atoms with van der Waals surface area (Å²) < 4.78 is 48.1. The topological polar surface area (TPSA) is 81.4 Å². The lowest BCUT2D eigenvalue weighted by Gasteiger charge is -1.97. The zero-order valence-electron chi connectivity index (χ0n) is 13.7. The van der Waals surface area contributed by atoms with E-state index in [-0.39, 0.29) is 4.90 Å². The lowest BCUT2D eigenvalue weighted by atomic mass is 10.3. The number of thiol groups is 1. The average molecular weight is 372 g/mol. The largest absolute Gasteiger partial charge is 0.311 e. The molecule has 0 saturated carbocycles. The first-order valence-corrected chi connectivity index (χ1v) is 9.95. The van der Waals surface area contributed by atoms with Crippen LogP contribution in [0.4, 0.5) is 0 Å². The maximum Gasteiger partial charge on any atom is 0.311 e. The third-order valence-electron chi connectivity index (χ3n) is 3.02. The first-order chi connectivity index (χ1) is 11.3. The van der Waals surface area contributed by atoms with Gasteiger partial charge in [-0.3, -0.25) is 0 Å². The SMILES string of the molecule is CCCC[n+]1ccc(C)cc1.O=[SH](=O)OS(=O)(=O)c1ccccc1. The molecule has 0 saturated heterocycles. The van der Waals surface area contributed by atoms with Crippen molar-refractivity contribution in [2.24, 2.45) is 0 Å². The smallest absolute Gasteiger partial charge is 0.205 e. The zero-order valence-corrected chi connectivity index (χ0v) is 15.4. The molecule has 0 radical (unpaired) electrons. The van der Waals surface area contributed by atoms with Gasteiger partial charge in [0.15, 0.2) is 12.4 Å². The third kappa shape index (κ3) is 7.67. The molecule has 0 aliphatic carbocycles. The quantitative estimate of drug-likeness (QED) is 0.620. The fraction of sp³-hybridized carbons (Fsp3) is 0.312. The predicted octanol–water partition coefficient (Wildman–Crippen LogP) is 2.00. The predicted molar refractivity (Wildman–Crippen MR) is 91.3 cm³/mol. The summed E-state index contributed by atoms with van der Waals surface area (Å²) in [4.78, 5) is -0.186. The van der Waals surface area contributed by atoms with Crippen molar-refractivity contribution in [3.63, 3.8) is 0 Å². The first kappa shape index (κ1) is 20.3. The van der Waals surface area contributed by atoms with Crippen LogP contribution in [0.15, 0.2) is 59.8 Å². The fourth-order valence-corrected chi connectivity index (χ4v) is 3.21. The molecule has 0 N–H and O–H groups in total. The Morgan fingerprint density at radius 2 is 1.62 bits per heavy atom. The van der Waals surface area contributed by atoms with E-state index in [2.05, 4.69) is 46.6 Å². The zero-order chi connectivity index (χ0) is 18.0. The van der Waals surface area contributed by atoms with Gasteiger partial charge < -0.3 is 0 Å². The molecule has 132 valence electrons. The van der Waals surface area contributed by atoms with Gasteiger partial charge in [-0.15, -0.1) is 3.63 Å². The van der Waals surface area contributed by atoms with Gasteiger partial charge in [-0.05, 0) is 24.6 Å². The Balaban J connectivity index is 0.000000243. The summed E-state index contributed by atoms with van der Waals surface area (Å²) in [7, 11) is -7.56. The molecule has 8 heteroatoms. The van der Waals surface area contributed by atoms with Crippen LogP contribution < -0.4 is 4.57 Å². The van der Waals surface area contributed by atoms with Crippen LogP contribution in [0.5, 0.6) is 0 Å². The number of hydrogen-bond donors (Lipinski definition) is 1. The standard InChI is InChI=1S/C10H16N.C6H6O5S2/c1-3-4-7-11-8-5-10(2)6-9-11;7-12(8)11-13(9,10)6-4-2-1-3-5-6/h5-6,8-9H,3-4,7H2,1-2H3;1-5,12H/q+1;. The van der Waals surface area contributed by atoms with Crippen molar-refractivity contribution >= 4 is 21.1 Å². The van der Waals surface area contributed by atoms with Gasteiger partial charge in [0.2, 0.25) is 0 Å². The highest BCUT2D eigenvalue weighted by Gasteiger charge is 2.15. The van der Waals surface area contributed by atoms with E-state index in [0.29, 0.717) is 0 Å². The number of nitrogens with zero attached hydrogens (tertiary/aromatic N) is 1. The summed E-state index contributed by atoms with van der Waals surface area (Å²) in [6.45, 7) is 5.48. The van der Waals surface area contributed by atoms with E-state index >= 15 is 0 Å². The van der Waals surface area contributed by atoms with Gasteiger partial charge in [0.25, 0.3) is 11.0 Å². The van der Waals surface area contributed by atoms with Crippen LogP contribution >= 0.6 is 0 Å². The van der Waals surface area contributed by atoms with Gasteiger partial charge in [0.05, 0.1) is 4.90 Å². The minimum Gasteiger partial charge on any atom is -0.205 e.